The van der Waals surface area contributed by atoms with E-state index >= 15 is 0 Å². The number of benzene rings is 1. The van der Waals surface area contributed by atoms with Gasteiger partial charge in [0.15, 0.2) is 5.11 Å². The van der Waals surface area contributed by atoms with Gasteiger partial charge in [0, 0.05) is 6.54 Å². The number of unbranched alkanes of at least 4 members (excludes halogenated alkanes) is 1. The molecule has 0 atom stereocenters. The van der Waals surface area contributed by atoms with Crippen LogP contribution in [-0.4, -0.2) is 11.7 Å². The fourth-order valence-electron chi connectivity index (χ4n) is 3.02. The molecule has 0 amide bonds. The Bertz CT molecular complexity index is 504. The molecule has 1 aromatic rings. The van der Waals surface area contributed by atoms with Gasteiger partial charge in [0.05, 0.1) is 5.70 Å². The zero-order valence-electron chi connectivity index (χ0n) is 14.2. The standard InChI is InChI=1S/C19H29N3S/c1-3-4-14-20-19(23)22-21-15(2)16-10-12-18(13-11-16)17-8-6-5-7-9-17/h10-13,17,21H,2-9,14H2,1H3,(H2,20,22,23). The van der Waals surface area contributed by atoms with Crippen molar-refractivity contribution in [3.63, 3.8) is 0 Å². The Morgan fingerprint density at radius 1 is 1.13 bits per heavy atom. The molecule has 0 radical (unpaired) electrons. The SMILES string of the molecule is C=C(NNC(=S)NCCCC)c1ccc(C2CCCCC2)cc1. The molecule has 0 aromatic heterocycles. The first-order valence-corrected chi connectivity index (χ1v) is 9.20. The van der Waals surface area contributed by atoms with Crippen molar-refractivity contribution in [3.05, 3.63) is 42.0 Å². The van der Waals surface area contributed by atoms with Crippen LogP contribution in [0.5, 0.6) is 0 Å². The fraction of sp³-hybridized carbons (Fsp3) is 0.526. The quantitative estimate of drug-likeness (QED) is 0.391. The molecule has 23 heavy (non-hydrogen) atoms. The first kappa shape index (κ1) is 17.8. The summed E-state index contributed by atoms with van der Waals surface area (Å²) in [4.78, 5) is 0. The van der Waals surface area contributed by atoms with E-state index in [4.69, 9.17) is 12.2 Å². The fourth-order valence-corrected chi connectivity index (χ4v) is 3.17. The van der Waals surface area contributed by atoms with Gasteiger partial charge in [-0.05, 0) is 48.5 Å². The van der Waals surface area contributed by atoms with E-state index in [0.717, 1.165) is 36.6 Å². The monoisotopic (exact) mass is 331 g/mol. The molecule has 1 fully saturated rings. The number of thiocarbonyl (C=S) groups is 1. The van der Waals surface area contributed by atoms with Gasteiger partial charge in [-0.3, -0.25) is 10.9 Å². The molecule has 0 unspecified atom stereocenters. The molecular weight excluding hydrogens is 302 g/mol. The maximum atomic E-state index is 5.22. The summed E-state index contributed by atoms with van der Waals surface area (Å²) >= 11 is 5.22. The minimum Gasteiger partial charge on any atom is -0.361 e. The lowest BCUT2D eigenvalue weighted by molar-refractivity contribution is 0.443. The van der Waals surface area contributed by atoms with E-state index < -0.39 is 0 Å². The van der Waals surface area contributed by atoms with Crippen LogP contribution in [0.4, 0.5) is 0 Å². The Morgan fingerprint density at radius 3 is 2.48 bits per heavy atom. The van der Waals surface area contributed by atoms with Crippen LogP contribution in [0.2, 0.25) is 0 Å². The molecule has 0 heterocycles. The molecule has 0 bridgehead atoms. The number of rotatable bonds is 7. The molecule has 0 spiro atoms. The average molecular weight is 332 g/mol. The summed E-state index contributed by atoms with van der Waals surface area (Å²) in [5.41, 5.74) is 9.45. The van der Waals surface area contributed by atoms with E-state index in [2.05, 4.69) is 53.9 Å². The van der Waals surface area contributed by atoms with Crippen molar-refractivity contribution in [2.24, 2.45) is 0 Å². The first-order chi connectivity index (χ1) is 11.2. The maximum absolute atomic E-state index is 5.22. The maximum Gasteiger partial charge on any atom is 0.185 e. The van der Waals surface area contributed by atoms with Gasteiger partial charge in [-0.2, -0.15) is 0 Å². The summed E-state index contributed by atoms with van der Waals surface area (Å²) in [6.07, 6.45) is 9.07. The zero-order valence-corrected chi connectivity index (χ0v) is 15.0. The van der Waals surface area contributed by atoms with E-state index in [0.29, 0.717) is 5.11 Å². The Hall–Kier alpha value is -1.55. The molecule has 0 saturated heterocycles. The van der Waals surface area contributed by atoms with E-state index in [9.17, 15) is 0 Å². The van der Waals surface area contributed by atoms with Crippen LogP contribution in [0.3, 0.4) is 0 Å². The number of hydrogen-bond acceptors (Lipinski definition) is 2. The largest absolute Gasteiger partial charge is 0.361 e. The number of hydrogen-bond donors (Lipinski definition) is 3. The van der Waals surface area contributed by atoms with Gasteiger partial charge in [0.25, 0.3) is 0 Å². The molecule has 3 N–H and O–H groups in total. The minimum atomic E-state index is 0.610. The van der Waals surface area contributed by atoms with Gasteiger partial charge in [0.2, 0.25) is 0 Å². The summed E-state index contributed by atoms with van der Waals surface area (Å²) in [5, 5.41) is 3.77. The highest BCUT2D eigenvalue weighted by Gasteiger charge is 2.15. The van der Waals surface area contributed by atoms with E-state index in [-0.39, 0.29) is 0 Å². The molecule has 1 saturated carbocycles. The Kier molecular flexibility index (Phi) is 7.40. The van der Waals surface area contributed by atoms with Crippen LogP contribution in [0, 0.1) is 0 Å². The molecule has 0 aliphatic heterocycles. The summed E-state index contributed by atoms with van der Waals surface area (Å²) in [6.45, 7) is 7.13. The van der Waals surface area contributed by atoms with Crippen molar-refractivity contribution in [2.75, 3.05) is 6.54 Å². The van der Waals surface area contributed by atoms with Crippen LogP contribution in [0.15, 0.2) is 30.8 Å². The van der Waals surface area contributed by atoms with Gasteiger partial charge in [0.1, 0.15) is 0 Å². The lowest BCUT2D eigenvalue weighted by Gasteiger charge is -2.22. The van der Waals surface area contributed by atoms with Crippen molar-refractivity contribution >= 4 is 23.0 Å². The predicted molar refractivity (Wildman–Crippen MR) is 103 cm³/mol. The molecule has 4 heteroatoms. The van der Waals surface area contributed by atoms with Crippen molar-refractivity contribution in [1.82, 2.24) is 16.2 Å². The highest BCUT2D eigenvalue weighted by molar-refractivity contribution is 7.80. The minimum absolute atomic E-state index is 0.610. The summed E-state index contributed by atoms with van der Waals surface area (Å²) in [7, 11) is 0. The lowest BCUT2D eigenvalue weighted by atomic mass is 9.84. The van der Waals surface area contributed by atoms with E-state index in [1.54, 1.807) is 0 Å². The van der Waals surface area contributed by atoms with Gasteiger partial charge >= 0.3 is 0 Å². The number of nitrogens with one attached hydrogen (secondary N) is 3. The predicted octanol–water partition coefficient (Wildman–Crippen LogP) is 4.47. The lowest BCUT2D eigenvalue weighted by Crippen LogP contribution is -2.43. The van der Waals surface area contributed by atoms with Crippen molar-refractivity contribution < 1.29 is 0 Å². The third kappa shape index (κ3) is 5.87. The van der Waals surface area contributed by atoms with Crippen LogP contribution < -0.4 is 16.2 Å². The second kappa shape index (κ2) is 9.56. The second-order valence-electron chi connectivity index (χ2n) is 6.29. The zero-order chi connectivity index (χ0) is 16.5. The summed E-state index contributed by atoms with van der Waals surface area (Å²) < 4.78 is 0. The van der Waals surface area contributed by atoms with E-state index in [1.165, 1.54) is 37.7 Å². The summed E-state index contributed by atoms with van der Waals surface area (Å²) in [5.74, 6) is 0.743. The smallest absolute Gasteiger partial charge is 0.185 e. The van der Waals surface area contributed by atoms with Gasteiger partial charge in [-0.15, -0.1) is 0 Å². The first-order valence-electron chi connectivity index (χ1n) is 8.79. The highest BCUT2D eigenvalue weighted by Crippen LogP contribution is 2.32. The normalized spacial score (nSPS) is 15.0. The molecule has 1 aliphatic carbocycles. The molecule has 1 aromatic carbocycles. The molecule has 1 aliphatic rings. The van der Waals surface area contributed by atoms with Crippen molar-refractivity contribution in [1.29, 1.82) is 0 Å². The second-order valence-corrected chi connectivity index (χ2v) is 6.70. The summed E-state index contributed by atoms with van der Waals surface area (Å²) in [6, 6.07) is 8.79. The number of hydrazine groups is 1. The third-order valence-electron chi connectivity index (χ3n) is 4.48. The Morgan fingerprint density at radius 2 is 1.83 bits per heavy atom. The van der Waals surface area contributed by atoms with Gasteiger partial charge in [-0.25, -0.2) is 0 Å². The molecule has 2 rings (SSSR count). The van der Waals surface area contributed by atoms with Gasteiger partial charge in [-0.1, -0.05) is 63.5 Å². The molecule has 126 valence electrons. The topological polar surface area (TPSA) is 36.1 Å². The van der Waals surface area contributed by atoms with Crippen LogP contribution in [0.25, 0.3) is 5.70 Å². The van der Waals surface area contributed by atoms with E-state index in [1.807, 2.05) is 0 Å². The van der Waals surface area contributed by atoms with Gasteiger partial charge < -0.3 is 5.32 Å². The Balaban J connectivity index is 1.79. The average Bonchev–Trinajstić information content (AvgIpc) is 2.61. The highest BCUT2D eigenvalue weighted by atomic mass is 32.1. The van der Waals surface area contributed by atoms with Crippen molar-refractivity contribution in [2.45, 2.75) is 57.8 Å². The van der Waals surface area contributed by atoms with Crippen LogP contribution in [0.1, 0.15) is 68.9 Å². The van der Waals surface area contributed by atoms with Crippen LogP contribution in [-0.2, 0) is 0 Å². The molecule has 3 nitrogen and oxygen atoms in total. The van der Waals surface area contributed by atoms with Crippen molar-refractivity contribution in [3.8, 4) is 0 Å². The van der Waals surface area contributed by atoms with Crippen LogP contribution >= 0.6 is 12.2 Å². The Labute approximate surface area is 145 Å². The molecular formula is C19H29N3S. The third-order valence-corrected chi connectivity index (χ3v) is 4.72.